The summed E-state index contributed by atoms with van der Waals surface area (Å²) in [6.07, 6.45) is 5.54. The first-order valence-corrected chi connectivity index (χ1v) is 12.2. The van der Waals surface area contributed by atoms with Gasteiger partial charge in [-0.25, -0.2) is 5.01 Å². The van der Waals surface area contributed by atoms with E-state index in [1.54, 1.807) is 0 Å². The lowest BCUT2D eigenvalue weighted by Gasteiger charge is -2.15. The first kappa shape index (κ1) is 26.5. The Labute approximate surface area is 214 Å². The molecule has 1 N–H and O–H groups in total. The molecule has 0 bridgehead atoms. The molecule has 0 aliphatic rings. The molecule has 0 saturated heterocycles. The Kier molecular flexibility index (Phi) is 10.1. The van der Waals surface area contributed by atoms with E-state index in [0.29, 0.717) is 6.54 Å². The van der Waals surface area contributed by atoms with Crippen molar-refractivity contribution < 1.29 is 0 Å². The third kappa shape index (κ3) is 8.95. The number of anilines is 2. The number of aryl methyl sites for hydroxylation is 4. The van der Waals surface area contributed by atoms with Crippen LogP contribution in [-0.2, 0) is 12.8 Å². The van der Waals surface area contributed by atoms with Crippen LogP contribution in [0.15, 0.2) is 90.5 Å². The average molecular weight is 482 g/mol. The molecular formula is C30H35N5O. The standard InChI is InChI=1S/C15H17N3O.C15H18N2/c1-12-3-7-15(8-4-12)18(17-19)10-9-14-6-5-13(2)16-11-14;1-12-3-7-15(8-4-12)16-10-9-14-6-5-13(2)17-11-14/h3-8,11H,9-10H2,1-2H3;3-8,11,16H,9-10H2,1-2H3. The zero-order valence-electron chi connectivity index (χ0n) is 21.6. The van der Waals surface area contributed by atoms with E-state index in [4.69, 9.17) is 0 Å². The molecule has 0 amide bonds. The minimum atomic E-state index is 0.553. The van der Waals surface area contributed by atoms with E-state index in [0.717, 1.165) is 47.6 Å². The fourth-order valence-corrected chi connectivity index (χ4v) is 3.48. The van der Waals surface area contributed by atoms with E-state index < -0.39 is 0 Å². The molecule has 2 aromatic carbocycles. The van der Waals surface area contributed by atoms with E-state index in [1.807, 2.05) is 69.6 Å². The molecule has 0 aliphatic heterocycles. The van der Waals surface area contributed by atoms with Gasteiger partial charge in [0.1, 0.15) is 0 Å². The summed E-state index contributed by atoms with van der Waals surface area (Å²) in [6, 6.07) is 24.4. The number of nitrogens with one attached hydrogen (secondary N) is 1. The molecule has 0 aliphatic carbocycles. The van der Waals surface area contributed by atoms with Crippen molar-refractivity contribution in [3.05, 3.63) is 124 Å². The summed E-state index contributed by atoms with van der Waals surface area (Å²) in [6.45, 7) is 9.57. The van der Waals surface area contributed by atoms with Gasteiger partial charge in [-0.2, -0.15) is 0 Å². The van der Waals surface area contributed by atoms with Crippen LogP contribution >= 0.6 is 0 Å². The van der Waals surface area contributed by atoms with Crippen LogP contribution in [0.5, 0.6) is 0 Å². The highest BCUT2D eigenvalue weighted by Gasteiger charge is 2.06. The molecule has 186 valence electrons. The minimum absolute atomic E-state index is 0.553. The van der Waals surface area contributed by atoms with E-state index in [-0.39, 0.29) is 0 Å². The maximum Gasteiger partial charge on any atom is 0.0626 e. The molecule has 0 saturated carbocycles. The van der Waals surface area contributed by atoms with Gasteiger partial charge < -0.3 is 5.32 Å². The monoisotopic (exact) mass is 481 g/mol. The Morgan fingerprint density at radius 1 is 0.694 bits per heavy atom. The van der Waals surface area contributed by atoms with Crippen LogP contribution in [0.4, 0.5) is 11.4 Å². The molecule has 0 spiro atoms. The number of benzene rings is 2. The van der Waals surface area contributed by atoms with E-state index in [9.17, 15) is 4.91 Å². The number of aromatic nitrogens is 2. The topological polar surface area (TPSA) is 70.5 Å². The van der Waals surface area contributed by atoms with E-state index in [1.165, 1.54) is 21.8 Å². The normalized spacial score (nSPS) is 10.2. The number of nitrogens with zero attached hydrogens (tertiary/aromatic N) is 4. The van der Waals surface area contributed by atoms with Gasteiger partial charge in [0, 0.05) is 42.6 Å². The summed E-state index contributed by atoms with van der Waals surface area (Å²) in [4.78, 5) is 19.5. The molecule has 2 aromatic heterocycles. The van der Waals surface area contributed by atoms with Crippen LogP contribution < -0.4 is 10.3 Å². The summed E-state index contributed by atoms with van der Waals surface area (Å²) < 4.78 is 0. The van der Waals surface area contributed by atoms with Crippen LogP contribution in [0.25, 0.3) is 0 Å². The second kappa shape index (κ2) is 13.7. The summed E-state index contributed by atoms with van der Waals surface area (Å²) in [7, 11) is 0. The van der Waals surface area contributed by atoms with Crippen LogP contribution in [0.1, 0.15) is 33.6 Å². The van der Waals surface area contributed by atoms with Crippen molar-refractivity contribution in [3.63, 3.8) is 0 Å². The van der Waals surface area contributed by atoms with Crippen LogP contribution in [0, 0.1) is 32.6 Å². The first-order chi connectivity index (χ1) is 17.4. The van der Waals surface area contributed by atoms with Crippen LogP contribution in [0.2, 0.25) is 0 Å². The fourth-order valence-electron chi connectivity index (χ4n) is 3.48. The van der Waals surface area contributed by atoms with Crippen molar-refractivity contribution in [1.82, 2.24) is 9.97 Å². The number of nitroso groups, excluding NO2 is 1. The molecule has 0 unspecified atom stereocenters. The highest BCUT2D eigenvalue weighted by atomic mass is 16.3. The molecular weight excluding hydrogens is 446 g/mol. The van der Waals surface area contributed by atoms with Crippen LogP contribution in [0.3, 0.4) is 0 Å². The average Bonchev–Trinajstić information content (AvgIpc) is 2.89. The van der Waals surface area contributed by atoms with Gasteiger partial charge in [0.05, 0.1) is 11.0 Å². The molecule has 0 atom stereocenters. The summed E-state index contributed by atoms with van der Waals surface area (Å²) in [5.74, 6) is 0. The van der Waals surface area contributed by atoms with Gasteiger partial charge >= 0.3 is 0 Å². The van der Waals surface area contributed by atoms with Gasteiger partial charge in [0.2, 0.25) is 0 Å². The Morgan fingerprint density at radius 2 is 1.22 bits per heavy atom. The van der Waals surface area contributed by atoms with Crippen molar-refractivity contribution in [2.75, 3.05) is 23.4 Å². The predicted octanol–water partition coefficient (Wildman–Crippen LogP) is 6.78. The van der Waals surface area contributed by atoms with Gasteiger partial charge in [-0.05, 0) is 88.1 Å². The summed E-state index contributed by atoms with van der Waals surface area (Å²) >= 11 is 0. The third-order valence-corrected chi connectivity index (χ3v) is 5.78. The SMILES string of the molecule is Cc1ccc(N(CCc2ccc(C)nc2)N=O)cc1.Cc1ccc(NCCc2ccc(C)nc2)cc1. The minimum Gasteiger partial charge on any atom is -0.385 e. The quantitative estimate of drug-likeness (QED) is 0.211. The maximum atomic E-state index is 10.9. The molecule has 4 rings (SSSR count). The molecule has 0 fully saturated rings. The summed E-state index contributed by atoms with van der Waals surface area (Å²) in [5.41, 5.74) is 8.89. The van der Waals surface area contributed by atoms with Gasteiger partial charge in [-0.3, -0.25) is 9.97 Å². The molecule has 4 aromatic rings. The Balaban J connectivity index is 0.000000202. The zero-order chi connectivity index (χ0) is 25.8. The second-order valence-electron chi connectivity index (χ2n) is 8.95. The molecule has 6 heteroatoms. The number of pyridine rings is 2. The number of rotatable bonds is 9. The predicted molar refractivity (Wildman–Crippen MR) is 149 cm³/mol. The Bertz CT molecular complexity index is 1140. The van der Waals surface area contributed by atoms with Gasteiger partial charge in [-0.15, -0.1) is 4.91 Å². The lowest BCUT2D eigenvalue weighted by molar-refractivity contribution is 0.816. The fraction of sp³-hybridized carbons (Fsp3) is 0.267. The Hall–Kier alpha value is -4.06. The van der Waals surface area contributed by atoms with Crippen molar-refractivity contribution in [1.29, 1.82) is 0 Å². The van der Waals surface area contributed by atoms with Gasteiger partial charge in [-0.1, -0.05) is 47.5 Å². The van der Waals surface area contributed by atoms with Gasteiger partial charge in [0.25, 0.3) is 0 Å². The molecule has 0 radical (unpaired) electrons. The van der Waals surface area contributed by atoms with E-state index >= 15 is 0 Å². The van der Waals surface area contributed by atoms with Gasteiger partial charge in [0.15, 0.2) is 0 Å². The lowest BCUT2D eigenvalue weighted by atomic mass is 10.2. The lowest BCUT2D eigenvalue weighted by Crippen LogP contribution is -2.18. The molecule has 36 heavy (non-hydrogen) atoms. The maximum absolute atomic E-state index is 10.9. The zero-order valence-corrected chi connectivity index (χ0v) is 21.6. The highest BCUT2D eigenvalue weighted by Crippen LogP contribution is 2.16. The van der Waals surface area contributed by atoms with Crippen molar-refractivity contribution in [3.8, 4) is 0 Å². The van der Waals surface area contributed by atoms with Crippen LogP contribution in [-0.4, -0.2) is 23.1 Å². The highest BCUT2D eigenvalue weighted by molar-refractivity contribution is 5.46. The Morgan fingerprint density at radius 3 is 1.72 bits per heavy atom. The molecule has 6 nitrogen and oxygen atoms in total. The number of hydrogen-bond acceptors (Lipinski definition) is 5. The van der Waals surface area contributed by atoms with Crippen molar-refractivity contribution >= 4 is 11.4 Å². The van der Waals surface area contributed by atoms with Crippen molar-refractivity contribution in [2.45, 2.75) is 40.5 Å². The smallest absolute Gasteiger partial charge is 0.0626 e. The van der Waals surface area contributed by atoms with E-state index in [2.05, 4.69) is 63.9 Å². The first-order valence-electron chi connectivity index (χ1n) is 12.2. The van der Waals surface area contributed by atoms with Crippen molar-refractivity contribution in [2.24, 2.45) is 5.29 Å². The largest absolute Gasteiger partial charge is 0.385 e. The third-order valence-electron chi connectivity index (χ3n) is 5.78. The molecule has 2 heterocycles. The summed E-state index contributed by atoms with van der Waals surface area (Å²) in [5, 5.41) is 7.96. The second-order valence-corrected chi connectivity index (χ2v) is 8.95. The number of hydrogen-bond donors (Lipinski definition) is 1.